The molecule has 0 bridgehead atoms. The molecule has 4 aliphatic carbocycles. The van der Waals surface area contributed by atoms with Crippen molar-refractivity contribution in [3.8, 4) is 0 Å². The van der Waals surface area contributed by atoms with E-state index in [2.05, 4.69) is 20.8 Å². The zero-order valence-electron chi connectivity index (χ0n) is 16.2. The summed E-state index contributed by atoms with van der Waals surface area (Å²) in [5, 5.41) is 9.22. The quantitative estimate of drug-likeness (QED) is 0.690. The molecule has 0 aromatic heterocycles. The Hall–Kier alpha value is -0.640. The van der Waals surface area contributed by atoms with Crippen molar-refractivity contribution in [3.63, 3.8) is 0 Å². The van der Waals surface area contributed by atoms with Crippen LogP contribution in [0.25, 0.3) is 0 Å². The second-order valence-electron chi connectivity index (χ2n) is 9.62. The van der Waals surface area contributed by atoms with E-state index in [4.69, 9.17) is 23.2 Å². The van der Waals surface area contributed by atoms with Gasteiger partial charge in [0.05, 0.1) is 10.3 Å². The molecule has 27 heavy (non-hydrogen) atoms. The molecule has 5 heteroatoms. The summed E-state index contributed by atoms with van der Waals surface area (Å²) in [6.45, 7) is 6.01. The summed E-state index contributed by atoms with van der Waals surface area (Å²) in [6.07, 6.45) is 8.67. The molecule has 4 rings (SSSR count). The Bertz CT molecular complexity index is 759. The highest BCUT2D eigenvalue weighted by atomic mass is 35.5. The van der Waals surface area contributed by atoms with Gasteiger partial charge < -0.3 is 5.11 Å². The van der Waals surface area contributed by atoms with E-state index < -0.39 is 16.9 Å². The summed E-state index contributed by atoms with van der Waals surface area (Å²) in [5.74, 6) is 0.489. The Labute approximate surface area is 171 Å². The van der Waals surface area contributed by atoms with E-state index in [1.807, 2.05) is 6.08 Å². The normalized spacial score (nSPS) is 51.3. The maximum atomic E-state index is 12.6. The van der Waals surface area contributed by atoms with Crippen LogP contribution in [-0.2, 0) is 9.59 Å². The number of alkyl halides is 2. The van der Waals surface area contributed by atoms with E-state index in [9.17, 15) is 14.7 Å². The van der Waals surface area contributed by atoms with Gasteiger partial charge in [-0.15, -0.1) is 23.2 Å². The van der Waals surface area contributed by atoms with Gasteiger partial charge in [0, 0.05) is 11.3 Å². The first-order valence-corrected chi connectivity index (χ1v) is 10.8. The molecule has 0 radical (unpaired) electrons. The van der Waals surface area contributed by atoms with Crippen molar-refractivity contribution in [2.24, 2.45) is 34.5 Å². The lowest BCUT2D eigenvalue weighted by Crippen LogP contribution is -2.64. The van der Waals surface area contributed by atoms with Crippen molar-refractivity contribution in [1.29, 1.82) is 0 Å². The summed E-state index contributed by atoms with van der Waals surface area (Å²) >= 11 is 14.5. The molecule has 3 fully saturated rings. The maximum Gasteiger partial charge on any atom is 0.178 e. The Morgan fingerprint density at radius 1 is 1.33 bits per heavy atom. The SMILES string of the molecule is CC1C[C@H]2[C@@H]3CCC4=CC(=O)C=C[C@]4(C)[C@@]3(Cl)C(Cl)C[C@]2(C)[C@H]1C(=O)CO. The number of ketones is 2. The van der Waals surface area contributed by atoms with Gasteiger partial charge in [-0.3, -0.25) is 9.59 Å². The van der Waals surface area contributed by atoms with Gasteiger partial charge in [0.1, 0.15) is 6.61 Å². The minimum Gasteiger partial charge on any atom is -0.389 e. The summed E-state index contributed by atoms with van der Waals surface area (Å²) in [5.41, 5.74) is 0.409. The number of rotatable bonds is 2. The zero-order chi connectivity index (χ0) is 19.8. The number of aliphatic hydroxyl groups is 1. The van der Waals surface area contributed by atoms with Gasteiger partial charge in [-0.1, -0.05) is 32.4 Å². The molecule has 0 aromatic rings. The summed E-state index contributed by atoms with van der Waals surface area (Å²) in [4.78, 5) is 23.8. The molecule has 0 spiro atoms. The zero-order valence-corrected chi connectivity index (χ0v) is 17.7. The molecule has 0 aromatic carbocycles. The van der Waals surface area contributed by atoms with Crippen LogP contribution < -0.4 is 0 Å². The first-order valence-electron chi connectivity index (χ1n) is 10.0. The van der Waals surface area contributed by atoms with Crippen LogP contribution in [0.1, 0.15) is 46.5 Å². The van der Waals surface area contributed by atoms with E-state index >= 15 is 0 Å². The molecule has 0 amide bonds. The van der Waals surface area contributed by atoms with Crippen LogP contribution in [0.3, 0.4) is 0 Å². The molecule has 3 saturated carbocycles. The van der Waals surface area contributed by atoms with Crippen molar-refractivity contribution in [2.45, 2.75) is 56.7 Å². The highest BCUT2D eigenvalue weighted by molar-refractivity contribution is 6.34. The van der Waals surface area contributed by atoms with Crippen molar-refractivity contribution in [1.82, 2.24) is 0 Å². The molecule has 1 N–H and O–H groups in total. The van der Waals surface area contributed by atoms with Crippen LogP contribution in [0.2, 0.25) is 0 Å². The van der Waals surface area contributed by atoms with Crippen LogP contribution in [0, 0.1) is 34.5 Å². The second kappa shape index (κ2) is 6.18. The van der Waals surface area contributed by atoms with Crippen molar-refractivity contribution in [3.05, 3.63) is 23.8 Å². The third-order valence-corrected chi connectivity index (χ3v) is 9.99. The summed E-state index contributed by atoms with van der Waals surface area (Å²) in [7, 11) is 0. The fourth-order valence-corrected chi connectivity index (χ4v) is 8.54. The van der Waals surface area contributed by atoms with Gasteiger partial charge in [-0.25, -0.2) is 0 Å². The third kappa shape index (κ3) is 2.37. The van der Waals surface area contributed by atoms with E-state index in [1.165, 1.54) is 0 Å². The number of carbonyl (C=O) groups excluding carboxylic acids is 2. The van der Waals surface area contributed by atoms with Crippen LogP contribution >= 0.6 is 23.2 Å². The summed E-state index contributed by atoms with van der Waals surface area (Å²) in [6, 6.07) is 0. The number of hydrogen-bond acceptors (Lipinski definition) is 3. The molecule has 3 nitrogen and oxygen atoms in total. The maximum absolute atomic E-state index is 12.6. The number of halogens is 2. The standard InChI is InChI=1S/C22H28Cl2O3/c1-12-8-16-15-5-4-13-9-14(26)6-7-21(13,3)22(15,24)18(23)10-20(16,2)19(12)17(27)11-25/h6-7,9,12,15-16,18-19,25H,4-5,8,10-11H2,1-3H3/t12?,15-,16-,18?,19+,20-,21-,22-/m0/s1. The number of allylic oxidation sites excluding steroid dienone is 4. The van der Waals surface area contributed by atoms with E-state index in [-0.39, 0.29) is 40.1 Å². The van der Waals surface area contributed by atoms with Gasteiger partial charge in [0.15, 0.2) is 11.6 Å². The highest BCUT2D eigenvalue weighted by Crippen LogP contribution is 2.71. The molecular weight excluding hydrogens is 383 g/mol. The van der Waals surface area contributed by atoms with Crippen LogP contribution in [0.5, 0.6) is 0 Å². The van der Waals surface area contributed by atoms with Crippen LogP contribution in [0.15, 0.2) is 23.8 Å². The van der Waals surface area contributed by atoms with Gasteiger partial charge in [0.25, 0.3) is 0 Å². The molecule has 8 atom stereocenters. The Morgan fingerprint density at radius 2 is 2.04 bits per heavy atom. The second-order valence-corrected chi connectivity index (χ2v) is 10.8. The average Bonchev–Trinajstić information content (AvgIpc) is 2.86. The van der Waals surface area contributed by atoms with Gasteiger partial charge >= 0.3 is 0 Å². The molecular formula is C22H28Cl2O3. The van der Waals surface area contributed by atoms with E-state index in [1.54, 1.807) is 12.2 Å². The third-order valence-electron chi connectivity index (χ3n) is 8.44. The van der Waals surface area contributed by atoms with Crippen molar-refractivity contribution >= 4 is 34.8 Å². The largest absolute Gasteiger partial charge is 0.389 e. The Balaban J connectivity index is 1.80. The number of aliphatic hydroxyl groups excluding tert-OH is 1. The van der Waals surface area contributed by atoms with Gasteiger partial charge in [-0.2, -0.15) is 0 Å². The molecule has 148 valence electrons. The van der Waals surface area contributed by atoms with Gasteiger partial charge in [0.2, 0.25) is 0 Å². The van der Waals surface area contributed by atoms with E-state index in [0.29, 0.717) is 12.3 Å². The van der Waals surface area contributed by atoms with Crippen molar-refractivity contribution < 1.29 is 14.7 Å². The lowest BCUT2D eigenvalue weighted by molar-refractivity contribution is -0.133. The molecule has 0 aliphatic heterocycles. The molecule has 0 saturated heterocycles. The molecule has 4 aliphatic rings. The molecule has 2 unspecified atom stereocenters. The predicted octanol–water partition coefficient (Wildman–Crippen LogP) is 4.30. The first kappa shape index (κ1) is 19.7. The molecule has 0 heterocycles. The van der Waals surface area contributed by atoms with Crippen molar-refractivity contribution in [2.75, 3.05) is 6.61 Å². The van der Waals surface area contributed by atoms with Gasteiger partial charge in [-0.05, 0) is 61.0 Å². The number of fused-ring (bicyclic) bond motifs is 5. The minimum absolute atomic E-state index is 0.0241. The minimum atomic E-state index is -0.670. The van der Waals surface area contributed by atoms with Crippen LogP contribution in [-0.4, -0.2) is 33.5 Å². The van der Waals surface area contributed by atoms with E-state index in [0.717, 1.165) is 24.8 Å². The lowest BCUT2D eigenvalue weighted by Gasteiger charge is -2.63. The number of Topliss-reactive ketones (excluding diaryl/α,β-unsaturated/α-hetero) is 1. The number of hydrogen-bond donors (Lipinski definition) is 1. The Kier molecular flexibility index (Phi) is 4.50. The highest BCUT2D eigenvalue weighted by Gasteiger charge is 2.70. The van der Waals surface area contributed by atoms with Crippen LogP contribution in [0.4, 0.5) is 0 Å². The topological polar surface area (TPSA) is 54.4 Å². The fraction of sp³-hybridized carbons (Fsp3) is 0.727. The fourth-order valence-electron chi connectivity index (χ4n) is 7.30. The smallest absolute Gasteiger partial charge is 0.178 e. The monoisotopic (exact) mass is 410 g/mol. The number of carbonyl (C=O) groups is 2. The summed E-state index contributed by atoms with van der Waals surface area (Å²) < 4.78 is 0. The first-order chi connectivity index (χ1) is 12.6. The lowest BCUT2D eigenvalue weighted by atomic mass is 9.47. The Morgan fingerprint density at radius 3 is 2.70 bits per heavy atom. The average molecular weight is 411 g/mol. The predicted molar refractivity (Wildman–Crippen MR) is 107 cm³/mol.